The van der Waals surface area contributed by atoms with Crippen molar-refractivity contribution in [3.63, 3.8) is 0 Å². The summed E-state index contributed by atoms with van der Waals surface area (Å²) in [5.41, 5.74) is 2.51. The number of aromatic nitrogens is 3. The molecule has 5 nitrogen and oxygen atoms in total. The number of amides is 1. The molecule has 2 aromatic carbocycles. The van der Waals surface area contributed by atoms with E-state index in [1.54, 1.807) is 6.20 Å². The molecular weight excluding hydrogens is 356 g/mol. The molecule has 0 bridgehead atoms. The molecule has 134 valence electrons. The van der Waals surface area contributed by atoms with Crippen LogP contribution in [0.15, 0.2) is 65.8 Å². The first-order chi connectivity index (χ1) is 13.1. The van der Waals surface area contributed by atoms with E-state index in [9.17, 15) is 4.79 Å². The van der Waals surface area contributed by atoms with Crippen molar-refractivity contribution >= 4 is 45.2 Å². The summed E-state index contributed by atoms with van der Waals surface area (Å²) in [6, 6.07) is 17.4. The summed E-state index contributed by atoms with van der Waals surface area (Å²) in [7, 11) is 0. The van der Waals surface area contributed by atoms with Gasteiger partial charge in [0.2, 0.25) is 5.91 Å². The third kappa shape index (κ3) is 3.61. The molecule has 0 spiro atoms. The topological polar surface area (TPSA) is 67.8 Å². The molecular formula is C21H18N4OS. The van der Waals surface area contributed by atoms with Gasteiger partial charge >= 0.3 is 0 Å². The average molecular weight is 374 g/mol. The number of anilines is 1. The van der Waals surface area contributed by atoms with Crippen LogP contribution in [0.2, 0.25) is 0 Å². The molecule has 0 aliphatic rings. The molecule has 0 aliphatic carbocycles. The second kappa shape index (κ2) is 7.32. The predicted molar refractivity (Wildman–Crippen MR) is 110 cm³/mol. The number of benzene rings is 2. The summed E-state index contributed by atoms with van der Waals surface area (Å²) in [5.74, 6) is 0.626. The van der Waals surface area contributed by atoms with Crippen molar-refractivity contribution < 1.29 is 4.79 Å². The molecule has 0 saturated carbocycles. The number of hydrogen-bond acceptors (Lipinski definition) is 5. The normalized spacial score (nSPS) is 12.2. The van der Waals surface area contributed by atoms with E-state index in [1.165, 1.54) is 11.8 Å². The zero-order chi connectivity index (χ0) is 18.8. The number of aryl methyl sites for hydroxylation is 1. The van der Waals surface area contributed by atoms with Gasteiger partial charge in [-0.3, -0.25) is 9.78 Å². The van der Waals surface area contributed by atoms with E-state index < -0.39 is 0 Å². The molecule has 0 aliphatic heterocycles. The lowest BCUT2D eigenvalue weighted by atomic mass is 10.2. The lowest BCUT2D eigenvalue weighted by Crippen LogP contribution is -2.22. The minimum Gasteiger partial charge on any atom is -0.324 e. The lowest BCUT2D eigenvalue weighted by molar-refractivity contribution is -0.115. The Kier molecular flexibility index (Phi) is 4.73. The molecule has 4 rings (SSSR count). The highest BCUT2D eigenvalue weighted by molar-refractivity contribution is 8.00. The van der Waals surface area contributed by atoms with Crippen molar-refractivity contribution in [3.05, 3.63) is 66.6 Å². The molecule has 2 heterocycles. The Morgan fingerprint density at radius 1 is 0.963 bits per heavy atom. The summed E-state index contributed by atoms with van der Waals surface area (Å²) in [6.45, 7) is 3.75. The fourth-order valence-corrected chi connectivity index (χ4v) is 3.90. The zero-order valence-corrected chi connectivity index (χ0v) is 15.8. The fraction of sp³-hybridized carbons (Fsp3) is 0.143. The quantitative estimate of drug-likeness (QED) is 0.417. The number of thioether (sulfide) groups is 1. The van der Waals surface area contributed by atoms with Gasteiger partial charge in [0, 0.05) is 17.0 Å². The second-order valence-electron chi connectivity index (χ2n) is 6.22. The van der Waals surface area contributed by atoms with Crippen molar-refractivity contribution in [3.8, 4) is 0 Å². The smallest absolute Gasteiger partial charge is 0.237 e. The maximum absolute atomic E-state index is 12.8. The van der Waals surface area contributed by atoms with E-state index >= 15 is 0 Å². The maximum Gasteiger partial charge on any atom is 0.237 e. The second-order valence-corrected chi connectivity index (χ2v) is 7.55. The number of carbonyl (C=O) groups excluding carboxylic acids is 1. The van der Waals surface area contributed by atoms with Gasteiger partial charge in [0.25, 0.3) is 0 Å². The molecule has 1 N–H and O–H groups in total. The molecule has 1 amide bonds. The first-order valence-corrected chi connectivity index (χ1v) is 9.54. The molecule has 6 heteroatoms. The minimum absolute atomic E-state index is 0.0725. The summed E-state index contributed by atoms with van der Waals surface area (Å²) in [6.07, 6.45) is 1.75. The van der Waals surface area contributed by atoms with Gasteiger partial charge in [0.1, 0.15) is 10.9 Å². The van der Waals surface area contributed by atoms with E-state index in [1.807, 2.05) is 68.4 Å². The molecule has 4 aromatic rings. The van der Waals surface area contributed by atoms with E-state index in [-0.39, 0.29) is 11.2 Å². The van der Waals surface area contributed by atoms with E-state index in [4.69, 9.17) is 0 Å². The van der Waals surface area contributed by atoms with Crippen molar-refractivity contribution in [2.75, 3.05) is 5.32 Å². The Morgan fingerprint density at radius 3 is 2.63 bits per heavy atom. The first-order valence-electron chi connectivity index (χ1n) is 8.66. The van der Waals surface area contributed by atoms with Crippen LogP contribution < -0.4 is 5.32 Å². The lowest BCUT2D eigenvalue weighted by Gasteiger charge is -2.14. The van der Waals surface area contributed by atoms with Gasteiger partial charge < -0.3 is 5.32 Å². The Bertz CT molecular complexity index is 1140. The zero-order valence-electron chi connectivity index (χ0n) is 15.0. The van der Waals surface area contributed by atoms with Crippen LogP contribution in [0, 0.1) is 6.92 Å². The Labute approximate surface area is 161 Å². The van der Waals surface area contributed by atoms with Gasteiger partial charge in [-0.25, -0.2) is 9.97 Å². The SMILES string of the molecule is Cc1nc(SC(C)C(=O)Nc2cccc3ncccc23)c2ccccc2n1. The van der Waals surface area contributed by atoms with Gasteiger partial charge in [0.05, 0.1) is 22.0 Å². The molecule has 0 fully saturated rings. The van der Waals surface area contributed by atoms with Crippen molar-refractivity contribution in [2.24, 2.45) is 0 Å². The summed E-state index contributed by atoms with van der Waals surface area (Å²) >= 11 is 1.44. The third-order valence-electron chi connectivity index (χ3n) is 4.24. The molecule has 0 radical (unpaired) electrons. The van der Waals surface area contributed by atoms with Crippen LogP contribution >= 0.6 is 11.8 Å². The highest BCUT2D eigenvalue weighted by Crippen LogP contribution is 2.30. The summed E-state index contributed by atoms with van der Waals surface area (Å²) < 4.78 is 0. The van der Waals surface area contributed by atoms with Gasteiger partial charge in [-0.15, -0.1) is 0 Å². The minimum atomic E-state index is -0.311. The van der Waals surface area contributed by atoms with Gasteiger partial charge in [-0.1, -0.05) is 36.0 Å². The van der Waals surface area contributed by atoms with E-state index in [2.05, 4.69) is 20.3 Å². The number of para-hydroxylation sites is 1. The molecule has 1 unspecified atom stereocenters. The average Bonchev–Trinajstić information content (AvgIpc) is 2.68. The number of nitrogens with zero attached hydrogens (tertiary/aromatic N) is 3. The van der Waals surface area contributed by atoms with Gasteiger partial charge in [-0.2, -0.15) is 0 Å². The van der Waals surface area contributed by atoms with Crippen LogP contribution in [-0.2, 0) is 4.79 Å². The number of fused-ring (bicyclic) bond motifs is 2. The predicted octanol–water partition coefficient (Wildman–Crippen LogP) is 4.61. The van der Waals surface area contributed by atoms with Crippen LogP contribution in [0.5, 0.6) is 0 Å². The highest BCUT2D eigenvalue weighted by Gasteiger charge is 2.18. The number of carbonyl (C=O) groups is 1. The van der Waals surface area contributed by atoms with E-state index in [0.29, 0.717) is 5.82 Å². The molecule has 27 heavy (non-hydrogen) atoms. The standard InChI is InChI=1S/C21H18N4OS/c1-13(27-21-16-7-3-4-9-19(16)23-14(2)24-21)20(26)25-18-11-5-10-17-15(18)8-6-12-22-17/h3-13H,1-2H3,(H,25,26). The van der Waals surface area contributed by atoms with Crippen molar-refractivity contribution in [1.29, 1.82) is 0 Å². The van der Waals surface area contributed by atoms with Crippen LogP contribution in [0.3, 0.4) is 0 Å². The highest BCUT2D eigenvalue weighted by atomic mass is 32.2. The van der Waals surface area contributed by atoms with Crippen LogP contribution in [0.4, 0.5) is 5.69 Å². The third-order valence-corrected chi connectivity index (χ3v) is 5.34. The van der Waals surface area contributed by atoms with Gasteiger partial charge in [0.15, 0.2) is 0 Å². The van der Waals surface area contributed by atoms with Crippen LogP contribution in [-0.4, -0.2) is 26.1 Å². The largest absolute Gasteiger partial charge is 0.324 e. The Hall–Kier alpha value is -2.99. The van der Waals surface area contributed by atoms with Crippen molar-refractivity contribution in [1.82, 2.24) is 15.0 Å². The maximum atomic E-state index is 12.8. The number of nitrogens with one attached hydrogen (secondary N) is 1. The van der Waals surface area contributed by atoms with Crippen molar-refractivity contribution in [2.45, 2.75) is 24.1 Å². The van der Waals surface area contributed by atoms with Crippen LogP contribution in [0.1, 0.15) is 12.7 Å². The monoisotopic (exact) mass is 374 g/mol. The Balaban J connectivity index is 1.58. The molecule has 1 atom stereocenters. The molecule has 2 aromatic heterocycles. The van der Waals surface area contributed by atoms with E-state index in [0.717, 1.165) is 32.5 Å². The number of hydrogen-bond donors (Lipinski definition) is 1. The Morgan fingerprint density at radius 2 is 1.74 bits per heavy atom. The van der Waals surface area contributed by atoms with Crippen LogP contribution in [0.25, 0.3) is 21.8 Å². The fourth-order valence-electron chi connectivity index (χ4n) is 2.92. The first kappa shape index (κ1) is 17.4. The summed E-state index contributed by atoms with van der Waals surface area (Å²) in [4.78, 5) is 26.1. The van der Waals surface area contributed by atoms with Gasteiger partial charge in [-0.05, 0) is 44.2 Å². The number of pyridine rings is 1. The number of rotatable bonds is 4. The summed E-state index contributed by atoms with van der Waals surface area (Å²) in [5, 5.41) is 5.42. The molecule has 0 saturated heterocycles.